The molecule has 0 unspecified atom stereocenters. The first-order chi connectivity index (χ1) is 9.32. The van der Waals surface area contributed by atoms with Crippen LogP contribution in [0.4, 0.5) is 4.39 Å². The molecule has 0 radical (unpaired) electrons. The van der Waals surface area contributed by atoms with Crippen molar-refractivity contribution in [2.75, 3.05) is 7.11 Å². The highest BCUT2D eigenvalue weighted by atomic mass is 32.2. The average Bonchev–Trinajstić information content (AvgIpc) is 2.65. The molecule has 0 fully saturated rings. The normalized spacial score (nSPS) is 12.4. The maximum atomic E-state index is 13.3. The van der Waals surface area contributed by atoms with Gasteiger partial charge in [-0.3, -0.25) is 4.18 Å². The van der Waals surface area contributed by atoms with Gasteiger partial charge in [-0.15, -0.1) is 0 Å². The Balaban J connectivity index is 2.56. The molecule has 1 aromatic carbocycles. The van der Waals surface area contributed by atoms with E-state index in [0.717, 1.165) is 12.6 Å². The van der Waals surface area contributed by atoms with Crippen LogP contribution in [0.3, 0.4) is 0 Å². The Morgan fingerprint density at radius 3 is 2.60 bits per heavy atom. The highest BCUT2D eigenvalue weighted by Crippen LogP contribution is 2.24. The third kappa shape index (κ3) is 3.19. The summed E-state index contributed by atoms with van der Waals surface area (Å²) in [5.41, 5.74) is 1.45. The van der Waals surface area contributed by atoms with Crippen LogP contribution in [0, 0.1) is 11.7 Å². The fourth-order valence-electron chi connectivity index (χ4n) is 2.24. The highest BCUT2D eigenvalue weighted by Gasteiger charge is 2.17. The molecule has 2 rings (SSSR count). The van der Waals surface area contributed by atoms with Crippen LogP contribution in [0.15, 0.2) is 24.3 Å². The van der Waals surface area contributed by atoms with Gasteiger partial charge in [0.1, 0.15) is 11.6 Å². The van der Waals surface area contributed by atoms with Gasteiger partial charge < -0.3 is 4.57 Å². The van der Waals surface area contributed by atoms with Gasteiger partial charge in [-0.05, 0) is 30.2 Å². The van der Waals surface area contributed by atoms with Crippen LogP contribution in [0.5, 0.6) is 0 Å². The van der Waals surface area contributed by atoms with Crippen LogP contribution in [0.2, 0.25) is 0 Å². The third-order valence-electron chi connectivity index (χ3n) is 3.08. The van der Waals surface area contributed by atoms with Crippen molar-refractivity contribution >= 4 is 21.0 Å². The second kappa shape index (κ2) is 5.54. The minimum absolute atomic E-state index is 0.216. The Hall–Kier alpha value is -1.40. The first-order valence-electron chi connectivity index (χ1n) is 6.38. The van der Waals surface area contributed by atoms with Gasteiger partial charge in [0.15, 0.2) is 0 Å². The zero-order valence-corrected chi connectivity index (χ0v) is 12.6. The molecule has 0 aliphatic heterocycles. The Kier molecular flexibility index (Phi) is 4.15. The maximum Gasteiger partial charge on any atom is 0.272 e. The van der Waals surface area contributed by atoms with E-state index >= 15 is 0 Å². The van der Waals surface area contributed by atoms with E-state index < -0.39 is 10.1 Å². The number of halogens is 1. The predicted octanol–water partition coefficient (Wildman–Crippen LogP) is 2.91. The molecule has 0 aliphatic carbocycles. The Bertz CT molecular complexity index is 719. The number of hydrogen-bond acceptors (Lipinski definition) is 3. The van der Waals surface area contributed by atoms with Crippen LogP contribution in [0.25, 0.3) is 10.9 Å². The lowest BCUT2D eigenvalue weighted by molar-refractivity contribution is 0.395. The molecule has 20 heavy (non-hydrogen) atoms. The first kappa shape index (κ1) is 15.0. The van der Waals surface area contributed by atoms with Crippen molar-refractivity contribution in [2.24, 2.45) is 5.92 Å². The topological polar surface area (TPSA) is 48.3 Å². The second-order valence-electron chi connectivity index (χ2n) is 5.21. The van der Waals surface area contributed by atoms with Gasteiger partial charge in [-0.1, -0.05) is 13.8 Å². The lowest BCUT2D eigenvalue weighted by Crippen LogP contribution is -2.13. The summed E-state index contributed by atoms with van der Waals surface area (Å²) in [6, 6.07) is 6.18. The molecule has 0 bridgehead atoms. The van der Waals surface area contributed by atoms with E-state index in [9.17, 15) is 12.8 Å². The summed E-state index contributed by atoms with van der Waals surface area (Å²) < 4.78 is 43.0. The largest absolute Gasteiger partial charge is 0.343 e. The van der Waals surface area contributed by atoms with Crippen molar-refractivity contribution in [2.45, 2.75) is 26.1 Å². The van der Waals surface area contributed by atoms with E-state index in [4.69, 9.17) is 0 Å². The van der Waals surface area contributed by atoms with Crippen molar-refractivity contribution in [1.82, 2.24) is 4.57 Å². The molecule has 6 heteroatoms. The minimum Gasteiger partial charge on any atom is -0.343 e. The monoisotopic (exact) mass is 299 g/mol. The molecule has 1 heterocycles. The summed E-state index contributed by atoms with van der Waals surface area (Å²) in [5, 5.41) is 0.701. The zero-order valence-electron chi connectivity index (χ0n) is 11.8. The summed E-state index contributed by atoms with van der Waals surface area (Å²) >= 11 is 0. The molecule has 0 N–H and O–H groups in total. The SMILES string of the molecule is COS(=O)(=O)Cc1cc2cc(F)ccc2n1CC(C)C. The quantitative estimate of drug-likeness (QED) is 0.798. The molecule has 110 valence electrons. The number of nitrogens with zero attached hydrogens (tertiary/aromatic N) is 1. The molecular formula is C14H18FNO3S. The van der Waals surface area contributed by atoms with Crippen LogP contribution in [0.1, 0.15) is 19.5 Å². The molecule has 0 amide bonds. The number of aromatic nitrogens is 1. The predicted molar refractivity (Wildman–Crippen MR) is 76.4 cm³/mol. The lowest BCUT2D eigenvalue weighted by Gasteiger charge is -2.13. The molecule has 0 aliphatic rings. The van der Waals surface area contributed by atoms with Crippen molar-refractivity contribution in [3.05, 3.63) is 35.8 Å². The van der Waals surface area contributed by atoms with E-state index in [1.165, 1.54) is 12.1 Å². The molecule has 0 atom stereocenters. The fraction of sp³-hybridized carbons (Fsp3) is 0.429. The minimum atomic E-state index is -3.60. The molecule has 1 aromatic heterocycles. The molecule has 4 nitrogen and oxygen atoms in total. The van der Waals surface area contributed by atoms with Crippen LogP contribution >= 0.6 is 0 Å². The number of benzene rings is 1. The van der Waals surface area contributed by atoms with E-state index in [-0.39, 0.29) is 11.6 Å². The standard InChI is InChI=1S/C14H18FNO3S/c1-10(2)8-16-13(9-20(17,18)19-3)7-11-6-12(15)4-5-14(11)16/h4-7,10H,8-9H2,1-3H3. The summed E-state index contributed by atoms with van der Waals surface area (Å²) in [5.74, 6) is -0.202. The molecular weight excluding hydrogens is 281 g/mol. The molecule has 0 spiro atoms. The number of fused-ring (bicyclic) bond motifs is 1. The molecule has 2 aromatic rings. The van der Waals surface area contributed by atoms with E-state index in [2.05, 4.69) is 4.18 Å². The van der Waals surface area contributed by atoms with E-state index in [0.29, 0.717) is 23.5 Å². The van der Waals surface area contributed by atoms with Crippen LogP contribution < -0.4 is 0 Å². The number of hydrogen-bond donors (Lipinski definition) is 0. The lowest BCUT2D eigenvalue weighted by atomic mass is 10.2. The van der Waals surface area contributed by atoms with Crippen molar-refractivity contribution < 1.29 is 17.0 Å². The van der Waals surface area contributed by atoms with Gasteiger partial charge in [0.05, 0.1) is 7.11 Å². The molecule has 0 saturated heterocycles. The van der Waals surface area contributed by atoms with Crippen molar-refractivity contribution in [1.29, 1.82) is 0 Å². The Labute approximate surface area is 118 Å². The zero-order chi connectivity index (χ0) is 14.9. The Morgan fingerprint density at radius 1 is 1.30 bits per heavy atom. The van der Waals surface area contributed by atoms with Crippen LogP contribution in [-0.4, -0.2) is 20.1 Å². The Morgan fingerprint density at radius 2 is 2.00 bits per heavy atom. The van der Waals surface area contributed by atoms with Crippen molar-refractivity contribution in [3.8, 4) is 0 Å². The fourth-order valence-corrected chi connectivity index (χ4v) is 2.96. The smallest absolute Gasteiger partial charge is 0.272 e. The highest BCUT2D eigenvalue weighted by molar-refractivity contribution is 7.85. The second-order valence-corrected chi connectivity index (χ2v) is 6.95. The van der Waals surface area contributed by atoms with Gasteiger partial charge in [-0.25, -0.2) is 4.39 Å². The first-order valence-corrected chi connectivity index (χ1v) is 7.96. The van der Waals surface area contributed by atoms with Gasteiger partial charge >= 0.3 is 0 Å². The van der Waals surface area contributed by atoms with E-state index in [1.807, 2.05) is 18.4 Å². The van der Waals surface area contributed by atoms with Gasteiger partial charge in [0.2, 0.25) is 0 Å². The van der Waals surface area contributed by atoms with Crippen molar-refractivity contribution in [3.63, 3.8) is 0 Å². The summed E-state index contributed by atoms with van der Waals surface area (Å²) in [7, 11) is -2.46. The third-order valence-corrected chi connectivity index (χ3v) is 4.23. The average molecular weight is 299 g/mol. The van der Waals surface area contributed by atoms with Gasteiger partial charge in [0, 0.05) is 23.1 Å². The summed E-state index contributed by atoms with van der Waals surface area (Å²) in [4.78, 5) is 0. The summed E-state index contributed by atoms with van der Waals surface area (Å²) in [6.07, 6.45) is 0. The van der Waals surface area contributed by atoms with Gasteiger partial charge in [0.25, 0.3) is 10.1 Å². The summed E-state index contributed by atoms with van der Waals surface area (Å²) in [6.45, 7) is 4.76. The van der Waals surface area contributed by atoms with Gasteiger partial charge in [-0.2, -0.15) is 8.42 Å². The van der Waals surface area contributed by atoms with Crippen LogP contribution in [-0.2, 0) is 26.6 Å². The number of rotatable bonds is 5. The molecule has 0 saturated carbocycles. The maximum absolute atomic E-state index is 13.3. The van der Waals surface area contributed by atoms with E-state index in [1.54, 1.807) is 12.1 Å².